The molecule has 2 heterocycles. The second-order valence-electron chi connectivity index (χ2n) is 4.59. The molecule has 1 aliphatic heterocycles. The van der Waals surface area contributed by atoms with E-state index in [4.69, 9.17) is 24.1 Å². The number of nitrogens with zero attached hydrogens (tertiary/aromatic N) is 2. The highest BCUT2D eigenvalue weighted by atomic mass is 16.7. The molecule has 0 bridgehead atoms. The number of ether oxygens (including phenoxy) is 4. The molecule has 0 aliphatic carbocycles. The lowest BCUT2D eigenvalue weighted by molar-refractivity contribution is -0.272. The fourth-order valence-corrected chi connectivity index (χ4v) is 1.90. The molecule has 128 valence electrons. The number of aliphatic carboxylic acids is 1. The molecule has 0 amide bonds. The number of rotatable bonds is 5. The number of hydrogen-bond donors (Lipinski definition) is 4. The van der Waals surface area contributed by atoms with Gasteiger partial charge in [-0.25, -0.2) is 4.79 Å². The van der Waals surface area contributed by atoms with Crippen LogP contribution in [0.5, 0.6) is 17.8 Å². The molecule has 5 atom stereocenters. The van der Waals surface area contributed by atoms with E-state index in [1.807, 2.05) is 0 Å². The van der Waals surface area contributed by atoms with Crippen molar-refractivity contribution < 1.29 is 44.2 Å². The van der Waals surface area contributed by atoms with Crippen molar-refractivity contribution in [1.29, 1.82) is 0 Å². The Labute approximate surface area is 130 Å². The Bertz CT molecular complexity index is 547. The van der Waals surface area contributed by atoms with Gasteiger partial charge in [0.2, 0.25) is 18.1 Å². The maximum Gasteiger partial charge on any atom is 0.335 e. The summed E-state index contributed by atoms with van der Waals surface area (Å²) in [6.45, 7) is 0. The Kier molecular flexibility index (Phi) is 5.15. The summed E-state index contributed by atoms with van der Waals surface area (Å²) < 4.78 is 19.9. The van der Waals surface area contributed by atoms with Crippen molar-refractivity contribution in [2.75, 3.05) is 14.2 Å². The van der Waals surface area contributed by atoms with E-state index in [9.17, 15) is 20.1 Å². The number of methoxy groups -OCH3 is 2. The smallest absolute Gasteiger partial charge is 0.335 e. The van der Waals surface area contributed by atoms with Crippen LogP contribution in [0.3, 0.4) is 0 Å². The summed E-state index contributed by atoms with van der Waals surface area (Å²) >= 11 is 0. The number of carboxylic acid groups (broad SMARTS) is 1. The Morgan fingerprint density at radius 3 is 2.13 bits per heavy atom. The van der Waals surface area contributed by atoms with Gasteiger partial charge in [-0.3, -0.25) is 0 Å². The standard InChI is InChI=1S/C12H16N2O9/c1-20-4-3-5(21-2)14-12(13-4)23-11-8(17)6(15)7(16)9(22-11)10(18)19/h3,6-9,11,15-17H,1-2H3,(H,18,19)/t6-,7-,8+,9-,11-/m0/s1. The first-order valence-electron chi connectivity index (χ1n) is 6.43. The molecular weight excluding hydrogens is 316 g/mol. The maximum absolute atomic E-state index is 11.0. The monoisotopic (exact) mass is 332 g/mol. The summed E-state index contributed by atoms with van der Waals surface area (Å²) in [5.41, 5.74) is 0. The van der Waals surface area contributed by atoms with Crippen molar-refractivity contribution >= 4 is 5.97 Å². The molecular formula is C12H16N2O9. The minimum absolute atomic E-state index is 0.0903. The largest absolute Gasteiger partial charge is 0.481 e. The van der Waals surface area contributed by atoms with Gasteiger partial charge in [0.15, 0.2) is 6.10 Å². The molecule has 0 unspecified atom stereocenters. The van der Waals surface area contributed by atoms with Crippen LogP contribution in [0, 0.1) is 0 Å². The molecule has 11 heteroatoms. The number of aliphatic hydroxyl groups excluding tert-OH is 3. The van der Waals surface area contributed by atoms with E-state index in [2.05, 4.69) is 9.97 Å². The van der Waals surface area contributed by atoms with Crippen molar-refractivity contribution in [3.63, 3.8) is 0 Å². The van der Waals surface area contributed by atoms with Crippen LogP contribution < -0.4 is 14.2 Å². The van der Waals surface area contributed by atoms with E-state index in [1.165, 1.54) is 20.3 Å². The average molecular weight is 332 g/mol. The fourth-order valence-electron chi connectivity index (χ4n) is 1.90. The van der Waals surface area contributed by atoms with E-state index >= 15 is 0 Å². The highest BCUT2D eigenvalue weighted by molar-refractivity contribution is 5.73. The van der Waals surface area contributed by atoms with Gasteiger partial charge >= 0.3 is 12.0 Å². The number of aromatic nitrogens is 2. The number of aliphatic hydroxyl groups is 3. The van der Waals surface area contributed by atoms with Gasteiger partial charge < -0.3 is 39.4 Å². The predicted molar refractivity (Wildman–Crippen MR) is 70.1 cm³/mol. The highest BCUT2D eigenvalue weighted by Gasteiger charge is 2.48. The van der Waals surface area contributed by atoms with Crippen molar-refractivity contribution in [1.82, 2.24) is 9.97 Å². The number of carboxylic acids is 1. The van der Waals surface area contributed by atoms with Crippen LogP contribution in [0.15, 0.2) is 6.07 Å². The molecule has 1 aromatic heterocycles. The SMILES string of the molecule is COc1cc(OC)nc(O[C@@H]2O[C@H](C(=O)O)[C@@H](O)[C@H](O)[C@H]2O)n1. The molecule has 1 fully saturated rings. The summed E-state index contributed by atoms with van der Waals surface area (Å²) in [6.07, 6.45) is -8.73. The molecule has 2 rings (SSSR count). The minimum atomic E-state index is -1.82. The van der Waals surface area contributed by atoms with E-state index in [1.54, 1.807) is 0 Å². The Morgan fingerprint density at radius 1 is 1.09 bits per heavy atom. The van der Waals surface area contributed by atoms with E-state index in [0.29, 0.717) is 0 Å². The summed E-state index contributed by atoms with van der Waals surface area (Å²) in [5.74, 6) is -1.35. The van der Waals surface area contributed by atoms with Crippen LogP contribution in [0.1, 0.15) is 0 Å². The summed E-state index contributed by atoms with van der Waals surface area (Å²) in [6, 6.07) is 1.03. The van der Waals surface area contributed by atoms with Gasteiger partial charge in [-0.15, -0.1) is 0 Å². The molecule has 0 saturated carbocycles. The lowest BCUT2D eigenvalue weighted by atomic mass is 9.99. The molecule has 11 nitrogen and oxygen atoms in total. The normalized spacial score (nSPS) is 30.6. The highest BCUT2D eigenvalue weighted by Crippen LogP contribution is 2.25. The quantitative estimate of drug-likeness (QED) is 0.461. The van der Waals surface area contributed by atoms with E-state index in [0.717, 1.165) is 0 Å². The topological polar surface area (TPSA) is 161 Å². The molecule has 0 spiro atoms. The second-order valence-corrected chi connectivity index (χ2v) is 4.59. The first kappa shape index (κ1) is 17.1. The van der Waals surface area contributed by atoms with Gasteiger partial charge in [0.05, 0.1) is 20.3 Å². The zero-order valence-corrected chi connectivity index (χ0v) is 12.2. The third kappa shape index (κ3) is 3.59. The van der Waals surface area contributed by atoms with Crippen LogP contribution in [-0.2, 0) is 9.53 Å². The maximum atomic E-state index is 11.0. The first-order valence-corrected chi connectivity index (χ1v) is 6.43. The Morgan fingerprint density at radius 2 is 1.65 bits per heavy atom. The van der Waals surface area contributed by atoms with Gasteiger partial charge in [0, 0.05) is 0 Å². The van der Waals surface area contributed by atoms with E-state index < -0.39 is 36.7 Å². The Hall–Kier alpha value is -2.21. The number of carbonyl (C=O) groups is 1. The summed E-state index contributed by atoms with van der Waals surface area (Å²) in [7, 11) is 2.69. The minimum Gasteiger partial charge on any atom is -0.481 e. The second kappa shape index (κ2) is 6.91. The van der Waals surface area contributed by atoms with Crippen molar-refractivity contribution in [3.8, 4) is 17.8 Å². The lowest BCUT2D eigenvalue weighted by Gasteiger charge is -2.37. The molecule has 4 N–H and O–H groups in total. The van der Waals surface area contributed by atoms with Crippen LogP contribution in [-0.4, -0.2) is 81.3 Å². The third-order valence-electron chi connectivity index (χ3n) is 3.11. The van der Waals surface area contributed by atoms with Gasteiger partial charge in [0.25, 0.3) is 0 Å². The van der Waals surface area contributed by atoms with Crippen LogP contribution in [0.25, 0.3) is 0 Å². The zero-order valence-electron chi connectivity index (χ0n) is 12.2. The van der Waals surface area contributed by atoms with Gasteiger partial charge in [-0.2, -0.15) is 9.97 Å². The van der Waals surface area contributed by atoms with Crippen LogP contribution >= 0.6 is 0 Å². The zero-order chi connectivity index (χ0) is 17.1. The number of hydrogen-bond acceptors (Lipinski definition) is 10. The summed E-state index contributed by atoms with van der Waals surface area (Å²) in [5, 5.41) is 38.1. The summed E-state index contributed by atoms with van der Waals surface area (Å²) in [4.78, 5) is 18.7. The van der Waals surface area contributed by atoms with Gasteiger partial charge in [0.1, 0.15) is 18.3 Å². The fraction of sp³-hybridized carbons (Fsp3) is 0.583. The Balaban J connectivity index is 2.22. The van der Waals surface area contributed by atoms with Crippen molar-refractivity contribution in [2.24, 2.45) is 0 Å². The van der Waals surface area contributed by atoms with Crippen molar-refractivity contribution in [2.45, 2.75) is 30.7 Å². The van der Waals surface area contributed by atoms with E-state index in [-0.39, 0.29) is 17.8 Å². The van der Waals surface area contributed by atoms with Crippen molar-refractivity contribution in [3.05, 3.63) is 6.07 Å². The van der Waals surface area contributed by atoms with Crippen LogP contribution in [0.2, 0.25) is 0 Å². The first-order chi connectivity index (χ1) is 10.9. The van der Waals surface area contributed by atoms with Gasteiger partial charge in [-0.05, 0) is 0 Å². The molecule has 23 heavy (non-hydrogen) atoms. The van der Waals surface area contributed by atoms with Crippen LogP contribution in [0.4, 0.5) is 0 Å². The van der Waals surface area contributed by atoms with Gasteiger partial charge in [-0.1, -0.05) is 0 Å². The molecule has 0 radical (unpaired) electrons. The molecule has 1 aromatic rings. The third-order valence-corrected chi connectivity index (χ3v) is 3.11. The lowest BCUT2D eigenvalue weighted by Crippen LogP contribution is -2.61. The molecule has 1 aliphatic rings. The predicted octanol–water partition coefficient (Wildman–Crippen LogP) is -2.24. The molecule has 0 aromatic carbocycles. The average Bonchev–Trinajstić information content (AvgIpc) is 2.54. The molecule has 1 saturated heterocycles.